The smallest absolute Gasteiger partial charge is 0.222 e. The van der Waals surface area contributed by atoms with E-state index < -0.39 is 5.79 Å². The van der Waals surface area contributed by atoms with Gasteiger partial charge in [0.05, 0.1) is 0 Å². The van der Waals surface area contributed by atoms with Crippen molar-refractivity contribution in [2.75, 3.05) is 0 Å². The molecule has 0 spiro atoms. The summed E-state index contributed by atoms with van der Waals surface area (Å²) in [5, 5.41) is 7.38. The quantitative estimate of drug-likeness (QED) is 0.575. The first-order valence-corrected chi connectivity index (χ1v) is 5.65. The molecule has 0 saturated carbocycles. The third-order valence-corrected chi connectivity index (χ3v) is 2.02. The minimum atomic E-state index is -1.48. The normalized spacial score (nSPS) is 10.6. The van der Waals surface area contributed by atoms with Gasteiger partial charge >= 0.3 is 0 Å². The van der Waals surface area contributed by atoms with Crippen molar-refractivity contribution in [3.63, 3.8) is 0 Å². The van der Waals surface area contributed by atoms with Gasteiger partial charge in [0.25, 0.3) is 0 Å². The van der Waals surface area contributed by atoms with Crippen molar-refractivity contribution in [3.05, 3.63) is 6.92 Å². The van der Waals surface area contributed by atoms with Crippen LogP contribution in [-0.4, -0.2) is 23.5 Å². The van der Waals surface area contributed by atoms with E-state index in [1.54, 1.807) is 20.8 Å². The van der Waals surface area contributed by atoms with Crippen LogP contribution < -0.4 is 16.0 Å². The summed E-state index contributed by atoms with van der Waals surface area (Å²) in [5.74, 6) is -2.42. The zero-order valence-corrected chi connectivity index (χ0v) is 10.6. The summed E-state index contributed by atoms with van der Waals surface area (Å²) in [5.41, 5.74) is 0. The van der Waals surface area contributed by atoms with Crippen LogP contribution in [0.5, 0.6) is 0 Å². The molecule has 0 unspecified atom stereocenters. The van der Waals surface area contributed by atoms with E-state index in [0.717, 1.165) is 0 Å². The summed E-state index contributed by atoms with van der Waals surface area (Å²) in [6.07, 6.45) is 0.712. The largest absolute Gasteiger partial charge is 0.316 e. The van der Waals surface area contributed by atoms with Gasteiger partial charge in [0.2, 0.25) is 17.7 Å². The molecule has 1 radical (unpaired) electrons. The third kappa shape index (κ3) is 5.89. The monoisotopic (exact) mass is 242 g/mol. The van der Waals surface area contributed by atoms with Crippen LogP contribution in [-0.2, 0) is 14.4 Å². The molecule has 0 bridgehead atoms. The summed E-state index contributed by atoms with van der Waals surface area (Å²) in [6.45, 7) is 8.63. The first-order chi connectivity index (χ1) is 7.86. The van der Waals surface area contributed by atoms with E-state index in [1.807, 2.05) is 0 Å². The predicted octanol–water partition coefficient (Wildman–Crippen LogP) is 0.0529. The number of carbonyl (C=O) groups excluding carboxylic acids is 3. The average Bonchev–Trinajstić information content (AvgIpc) is 2.27. The maximum Gasteiger partial charge on any atom is 0.222 e. The standard InChI is InChI=1S/C11H20N3O3/c1-5-8(15)12-11(4,13-9(16)6-2)14-10(17)7-3/h4-7H2,1-3H3,(H,12,15)(H,13,16)(H,14,17). The van der Waals surface area contributed by atoms with Crippen molar-refractivity contribution in [3.8, 4) is 0 Å². The highest BCUT2D eigenvalue weighted by Crippen LogP contribution is 1.97. The van der Waals surface area contributed by atoms with Gasteiger partial charge in [-0.1, -0.05) is 20.8 Å². The molecule has 0 saturated heterocycles. The van der Waals surface area contributed by atoms with E-state index in [2.05, 4.69) is 22.9 Å². The molecule has 0 atom stereocenters. The number of nitrogens with one attached hydrogen (secondary N) is 3. The van der Waals surface area contributed by atoms with Crippen molar-refractivity contribution < 1.29 is 14.4 Å². The Labute approximate surface area is 102 Å². The Hall–Kier alpha value is -1.59. The van der Waals surface area contributed by atoms with Crippen molar-refractivity contribution >= 4 is 17.7 Å². The number of hydrogen-bond acceptors (Lipinski definition) is 3. The van der Waals surface area contributed by atoms with Gasteiger partial charge in [-0.2, -0.15) is 0 Å². The third-order valence-electron chi connectivity index (χ3n) is 2.02. The minimum Gasteiger partial charge on any atom is -0.316 e. The summed E-state index contributed by atoms with van der Waals surface area (Å²) in [7, 11) is 0. The summed E-state index contributed by atoms with van der Waals surface area (Å²) < 4.78 is 0. The molecular weight excluding hydrogens is 222 g/mol. The van der Waals surface area contributed by atoms with Gasteiger partial charge in [-0.15, -0.1) is 0 Å². The van der Waals surface area contributed by atoms with Gasteiger partial charge in [-0.25, -0.2) is 0 Å². The molecule has 6 nitrogen and oxygen atoms in total. The topological polar surface area (TPSA) is 87.3 Å². The second kappa shape index (κ2) is 6.88. The highest BCUT2D eigenvalue weighted by atomic mass is 16.2. The summed E-state index contributed by atoms with van der Waals surface area (Å²) in [4.78, 5) is 33.9. The fourth-order valence-electron chi connectivity index (χ4n) is 1.07. The van der Waals surface area contributed by atoms with Crippen LogP contribution in [0.3, 0.4) is 0 Å². The van der Waals surface area contributed by atoms with Gasteiger partial charge in [0, 0.05) is 26.2 Å². The molecule has 0 rings (SSSR count). The molecule has 0 aliphatic rings. The first-order valence-electron chi connectivity index (χ1n) is 5.65. The van der Waals surface area contributed by atoms with Crippen molar-refractivity contribution in [2.45, 2.75) is 45.8 Å². The zero-order valence-electron chi connectivity index (χ0n) is 10.6. The van der Waals surface area contributed by atoms with E-state index in [1.165, 1.54) is 0 Å². The second-order valence-corrected chi connectivity index (χ2v) is 3.61. The van der Waals surface area contributed by atoms with E-state index in [9.17, 15) is 14.4 Å². The maximum atomic E-state index is 11.3. The Bertz CT molecular complexity index is 257. The van der Waals surface area contributed by atoms with Gasteiger partial charge in [-0.3, -0.25) is 14.4 Å². The van der Waals surface area contributed by atoms with Crippen LogP contribution in [0.2, 0.25) is 0 Å². The fraction of sp³-hybridized carbons (Fsp3) is 0.636. The zero-order chi connectivity index (χ0) is 13.5. The Morgan fingerprint density at radius 3 is 1.24 bits per heavy atom. The molecule has 0 heterocycles. The second-order valence-electron chi connectivity index (χ2n) is 3.61. The number of amides is 3. The van der Waals surface area contributed by atoms with Gasteiger partial charge in [-0.05, 0) is 0 Å². The lowest BCUT2D eigenvalue weighted by atomic mass is 10.3. The van der Waals surface area contributed by atoms with Crippen LogP contribution >= 0.6 is 0 Å². The van der Waals surface area contributed by atoms with Crippen molar-refractivity contribution in [1.29, 1.82) is 0 Å². The molecule has 0 aliphatic heterocycles. The molecule has 3 amide bonds. The van der Waals surface area contributed by atoms with Gasteiger partial charge in [0.1, 0.15) is 0 Å². The molecule has 3 N–H and O–H groups in total. The van der Waals surface area contributed by atoms with Crippen LogP contribution in [0.15, 0.2) is 0 Å². The molecule has 0 aromatic carbocycles. The highest BCUT2D eigenvalue weighted by molar-refractivity contribution is 5.83. The number of rotatable bonds is 6. The van der Waals surface area contributed by atoms with Gasteiger partial charge in [0.15, 0.2) is 5.79 Å². The molecule has 97 valence electrons. The highest BCUT2D eigenvalue weighted by Gasteiger charge is 2.28. The summed E-state index contributed by atoms with van der Waals surface area (Å²) >= 11 is 0. The van der Waals surface area contributed by atoms with Crippen LogP contribution in [0, 0.1) is 6.92 Å². The lowest BCUT2D eigenvalue weighted by molar-refractivity contribution is -0.129. The Balaban J connectivity index is 4.72. The average molecular weight is 242 g/mol. The predicted molar refractivity (Wildman–Crippen MR) is 63.4 cm³/mol. The van der Waals surface area contributed by atoms with Crippen LogP contribution in [0.4, 0.5) is 0 Å². The lowest BCUT2D eigenvalue weighted by Gasteiger charge is -2.32. The first kappa shape index (κ1) is 15.4. The Kier molecular flexibility index (Phi) is 6.23. The van der Waals surface area contributed by atoms with Crippen LogP contribution in [0.1, 0.15) is 40.0 Å². The SMILES string of the molecule is [CH2]C(NC(=O)CC)(NC(=O)CC)NC(=O)CC. The molecule has 0 aromatic rings. The Morgan fingerprint density at radius 1 is 0.824 bits per heavy atom. The maximum absolute atomic E-state index is 11.3. The van der Waals surface area contributed by atoms with Crippen molar-refractivity contribution in [2.24, 2.45) is 0 Å². The number of hydrogen-bond donors (Lipinski definition) is 3. The molecule has 6 heteroatoms. The molecule has 17 heavy (non-hydrogen) atoms. The van der Waals surface area contributed by atoms with E-state index >= 15 is 0 Å². The summed E-state index contributed by atoms with van der Waals surface area (Å²) in [6, 6.07) is 0. The van der Waals surface area contributed by atoms with Crippen LogP contribution in [0.25, 0.3) is 0 Å². The fourth-order valence-corrected chi connectivity index (χ4v) is 1.07. The van der Waals surface area contributed by atoms with Gasteiger partial charge < -0.3 is 16.0 Å². The van der Waals surface area contributed by atoms with E-state index in [0.29, 0.717) is 0 Å². The minimum absolute atomic E-state index is 0.237. The molecule has 0 aromatic heterocycles. The molecule has 0 aliphatic carbocycles. The van der Waals surface area contributed by atoms with E-state index in [4.69, 9.17) is 0 Å². The molecular formula is C11H20N3O3. The Morgan fingerprint density at radius 2 is 1.06 bits per heavy atom. The molecule has 0 fully saturated rings. The van der Waals surface area contributed by atoms with E-state index in [-0.39, 0.29) is 37.0 Å². The lowest BCUT2D eigenvalue weighted by Crippen LogP contribution is -2.68. The van der Waals surface area contributed by atoms with Crippen molar-refractivity contribution in [1.82, 2.24) is 16.0 Å². The number of carbonyl (C=O) groups is 3.